The Morgan fingerprint density at radius 3 is 2.33 bits per heavy atom. The number of sulfonamides is 1. The van der Waals surface area contributed by atoms with E-state index in [-0.39, 0.29) is 25.4 Å². The third-order valence-corrected chi connectivity index (χ3v) is 7.67. The first-order chi connectivity index (χ1) is 17.2. The first-order valence-corrected chi connectivity index (χ1v) is 13.7. The molecular weight excluding hydrogens is 490 g/mol. The topological polar surface area (TPSA) is 86.1 Å². The Balaban J connectivity index is 1.25. The molecule has 194 valence electrons. The van der Waals surface area contributed by atoms with Crippen LogP contribution in [0.4, 0.5) is 8.78 Å². The third-order valence-electron chi connectivity index (χ3n) is 6.37. The molecule has 0 N–H and O–H groups in total. The maximum Gasteiger partial charge on any atom is 0.211 e. The summed E-state index contributed by atoms with van der Waals surface area (Å²) in [6.07, 6.45) is 1.06. The molecule has 11 heteroatoms. The maximum atomic E-state index is 14.1. The molecule has 0 saturated carbocycles. The van der Waals surface area contributed by atoms with Crippen LogP contribution >= 0.6 is 0 Å². The largest absolute Gasteiger partial charge is 0.492 e. The number of halogens is 2. The summed E-state index contributed by atoms with van der Waals surface area (Å²) < 4.78 is 65.0. The van der Waals surface area contributed by atoms with Gasteiger partial charge in [-0.1, -0.05) is 6.07 Å². The fraction of sp³-hybridized carbons (Fsp3) is 0.480. The SMILES string of the molecule is CS(=O)(=O)N(CCOc1ccc(C#N)cc1)CCN1CC2CN(Cc3ccc(F)cc3F)CC(C1)O2. The first kappa shape index (κ1) is 26.4. The summed E-state index contributed by atoms with van der Waals surface area (Å²) in [5.74, 6) is -0.555. The summed E-state index contributed by atoms with van der Waals surface area (Å²) in [5.41, 5.74) is 0.987. The molecule has 2 aromatic rings. The van der Waals surface area contributed by atoms with Crippen LogP contribution in [-0.4, -0.2) is 93.4 Å². The molecule has 0 aromatic heterocycles. The molecule has 2 bridgehead atoms. The van der Waals surface area contributed by atoms with Gasteiger partial charge in [-0.2, -0.15) is 9.57 Å². The van der Waals surface area contributed by atoms with E-state index >= 15 is 0 Å². The van der Waals surface area contributed by atoms with Gasteiger partial charge in [-0.25, -0.2) is 17.2 Å². The van der Waals surface area contributed by atoms with Crippen molar-refractivity contribution in [1.82, 2.24) is 14.1 Å². The van der Waals surface area contributed by atoms with E-state index < -0.39 is 21.7 Å². The highest BCUT2D eigenvalue weighted by Crippen LogP contribution is 2.22. The Bertz CT molecular complexity index is 1180. The van der Waals surface area contributed by atoms with Crippen LogP contribution in [0.5, 0.6) is 5.75 Å². The number of ether oxygens (including phenoxy) is 2. The quantitative estimate of drug-likeness (QED) is 0.474. The molecule has 2 saturated heterocycles. The molecular formula is C25H30F2N4O4S. The van der Waals surface area contributed by atoms with Gasteiger partial charge in [0, 0.05) is 64.0 Å². The van der Waals surface area contributed by atoms with Crippen molar-refractivity contribution < 1.29 is 26.7 Å². The molecule has 4 rings (SSSR count). The predicted molar refractivity (Wildman–Crippen MR) is 130 cm³/mol. The standard InChI is InChI=1S/C25H30F2N4O4S/c1-36(32,33)31(10-11-34-22-6-2-19(13-28)3-7-22)9-8-29-15-23-17-30(18-24(16-29)35-23)14-20-4-5-21(26)12-25(20)27/h2-7,12,23-24H,8-11,14-18H2,1H3. The van der Waals surface area contributed by atoms with E-state index in [1.54, 1.807) is 24.3 Å². The monoisotopic (exact) mass is 520 g/mol. The molecule has 8 nitrogen and oxygen atoms in total. The number of hydrogen-bond acceptors (Lipinski definition) is 7. The molecule has 2 unspecified atom stereocenters. The third kappa shape index (κ3) is 7.21. The lowest BCUT2D eigenvalue weighted by Crippen LogP contribution is -2.60. The van der Waals surface area contributed by atoms with Gasteiger partial charge in [-0.3, -0.25) is 9.80 Å². The van der Waals surface area contributed by atoms with E-state index in [1.807, 2.05) is 6.07 Å². The molecule has 0 spiro atoms. The molecule has 0 amide bonds. The zero-order chi connectivity index (χ0) is 25.7. The molecule has 2 fully saturated rings. The van der Waals surface area contributed by atoms with E-state index in [9.17, 15) is 17.2 Å². The smallest absolute Gasteiger partial charge is 0.211 e. The van der Waals surface area contributed by atoms with Crippen molar-refractivity contribution in [3.8, 4) is 11.8 Å². The lowest BCUT2D eigenvalue weighted by Gasteiger charge is -2.46. The summed E-state index contributed by atoms with van der Waals surface area (Å²) >= 11 is 0. The van der Waals surface area contributed by atoms with Gasteiger partial charge in [0.05, 0.1) is 30.1 Å². The minimum absolute atomic E-state index is 0.0626. The summed E-state index contributed by atoms with van der Waals surface area (Å²) in [7, 11) is -3.42. The van der Waals surface area contributed by atoms with E-state index in [2.05, 4.69) is 9.80 Å². The zero-order valence-electron chi connectivity index (χ0n) is 20.1. The van der Waals surface area contributed by atoms with E-state index in [4.69, 9.17) is 14.7 Å². The van der Waals surface area contributed by atoms with Crippen molar-refractivity contribution in [2.45, 2.75) is 18.8 Å². The Hall–Kier alpha value is -2.62. The van der Waals surface area contributed by atoms with Crippen LogP contribution < -0.4 is 4.74 Å². The normalized spacial score (nSPS) is 20.9. The van der Waals surface area contributed by atoms with E-state index in [0.717, 1.165) is 6.07 Å². The molecule has 36 heavy (non-hydrogen) atoms. The molecule has 2 heterocycles. The summed E-state index contributed by atoms with van der Waals surface area (Å²) in [4.78, 5) is 4.32. The van der Waals surface area contributed by atoms with Crippen LogP contribution in [0.3, 0.4) is 0 Å². The predicted octanol–water partition coefficient (Wildman–Crippen LogP) is 2.06. The van der Waals surface area contributed by atoms with Gasteiger partial charge < -0.3 is 9.47 Å². The Kier molecular flexibility index (Phi) is 8.54. The van der Waals surface area contributed by atoms with Gasteiger partial charge in [-0.15, -0.1) is 0 Å². The minimum Gasteiger partial charge on any atom is -0.492 e. The van der Waals surface area contributed by atoms with Crippen molar-refractivity contribution in [2.24, 2.45) is 0 Å². The molecule has 2 aliphatic heterocycles. The molecule has 2 aliphatic rings. The second-order valence-corrected chi connectivity index (χ2v) is 11.2. The second kappa shape index (κ2) is 11.6. The number of morpholine rings is 2. The maximum absolute atomic E-state index is 14.1. The van der Waals surface area contributed by atoms with E-state index in [0.29, 0.717) is 62.7 Å². The zero-order valence-corrected chi connectivity index (χ0v) is 21.0. The number of nitrogens with zero attached hydrogens (tertiary/aromatic N) is 4. The van der Waals surface area contributed by atoms with Gasteiger partial charge in [0.25, 0.3) is 0 Å². The fourth-order valence-electron chi connectivity index (χ4n) is 4.65. The van der Waals surface area contributed by atoms with Crippen LogP contribution in [0.25, 0.3) is 0 Å². The minimum atomic E-state index is -3.42. The van der Waals surface area contributed by atoms with Crippen molar-refractivity contribution in [3.63, 3.8) is 0 Å². The van der Waals surface area contributed by atoms with Crippen LogP contribution in [0.15, 0.2) is 42.5 Å². The van der Waals surface area contributed by atoms with Gasteiger partial charge in [-0.05, 0) is 30.3 Å². The number of nitriles is 1. The van der Waals surface area contributed by atoms with Crippen molar-refractivity contribution >= 4 is 10.0 Å². The Morgan fingerprint density at radius 1 is 1.06 bits per heavy atom. The Labute approximate surface area is 210 Å². The Morgan fingerprint density at radius 2 is 1.72 bits per heavy atom. The average molecular weight is 521 g/mol. The van der Waals surface area contributed by atoms with Crippen molar-refractivity contribution in [1.29, 1.82) is 5.26 Å². The highest BCUT2D eigenvalue weighted by atomic mass is 32.2. The van der Waals surface area contributed by atoms with Gasteiger partial charge in [0.1, 0.15) is 24.0 Å². The molecule has 0 radical (unpaired) electrons. The average Bonchev–Trinajstić information content (AvgIpc) is 2.82. The highest BCUT2D eigenvalue weighted by molar-refractivity contribution is 7.88. The lowest BCUT2D eigenvalue weighted by molar-refractivity contribution is -0.140. The van der Waals surface area contributed by atoms with E-state index in [1.165, 1.54) is 22.7 Å². The van der Waals surface area contributed by atoms with Crippen molar-refractivity contribution in [3.05, 3.63) is 65.2 Å². The number of fused-ring (bicyclic) bond motifs is 2. The highest BCUT2D eigenvalue weighted by Gasteiger charge is 2.35. The molecule has 0 aliphatic carbocycles. The molecule has 2 atom stereocenters. The molecule has 2 aromatic carbocycles. The van der Waals surface area contributed by atoms with Crippen LogP contribution in [-0.2, 0) is 21.3 Å². The first-order valence-electron chi connectivity index (χ1n) is 11.8. The van der Waals surface area contributed by atoms with Crippen LogP contribution in [0.1, 0.15) is 11.1 Å². The fourth-order valence-corrected chi connectivity index (χ4v) is 5.47. The number of rotatable bonds is 10. The van der Waals surface area contributed by atoms with Crippen molar-refractivity contribution in [2.75, 3.05) is 58.7 Å². The van der Waals surface area contributed by atoms with Gasteiger partial charge in [0.2, 0.25) is 10.0 Å². The summed E-state index contributed by atoms with van der Waals surface area (Å²) in [6.45, 7) is 4.25. The van der Waals surface area contributed by atoms with Crippen LogP contribution in [0, 0.1) is 23.0 Å². The van der Waals surface area contributed by atoms with Gasteiger partial charge in [0.15, 0.2) is 0 Å². The summed E-state index contributed by atoms with van der Waals surface area (Å²) in [6, 6.07) is 12.4. The second-order valence-electron chi connectivity index (χ2n) is 9.22. The van der Waals surface area contributed by atoms with Crippen LogP contribution in [0.2, 0.25) is 0 Å². The number of hydrogen-bond donors (Lipinski definition) is 0. The number of benzene rings is 2. The lowest BCUT2D eigenvalue weighted by atomic mass is 10.1. The van der Waals surface area contributed by atoms with Gasteiger partial charge >= 0.3 is 0 Å². The summed E-state index contributed by atoms with van der Waals surface area (Å²) in [5, 5.41) is 8.87.